The first-order valence-corrected chi connectivity index (χ1v) is 4.25. The minimum absolute atomic E-state index is 0.0506. The van der Waals surface area contributed by atoms with E-state index in [0.29, 0.717) is 0 Å². The Kier molecular flexibility index (Phi) is 2.59. The third-order valence-electron chi connectivity index (χ3n) is 0.828. The highest BCUT2D eigenvalue weighted by Crippen LogP contribution is 2.40. The molecule has 0 N–H and O–H groups in total. The lowest BCUT2D eigenvalue weighted by Crippen LogP contribution is -2.03. The van der Waals surface area contributed by atoms with Gasteiger partial charge in [0, 0.05) is 0 Å². The monoisotopic (exact) mass is 237 g/mol. The molecule has 1 aromatic heterocycles. The van der Waals surface area contributed by atoms with Gasteiger partial charge in [0.2, 0.25) is 0 Å². The van der Waals surface area contributed by atoms with Crippen molar-refractivity contribution in [3.8, 4) is 0 Å². The van der Waals surface area contributed by atoms with Crippen molar-refractivity contribution in [1.29, 1.82) is 0 Å². The number of rotatable bonds is 1. The number of hydrogen-bond donors (Lipinski definition) is 0. The Morgan fingerprint density at radius 1 is 1.36 bits per heavy atom. The summed E-state index contributed by atoms with van der Waals surface area (Å²) < 4.78 is 24.4. The maximum absolute atomic E-state index is 12.3. The quantitative estimate of drug-likeness (QED) is 0.679. The molecule has 0 aliphatic rings. The smallest absolute Gasteiger partial charge is 0.221 e. The molecule has 0 atom stereocenters. The van der Waals surface area contributed by atoms with Gasteiger partial charge < -0.3 is 0 Å². The van der Waals surface area contributed by atoms with Gasteiger partial charge in [-0.15, -0.1) is 0 Å². The molecule has 7 heteroatoms. The van der Waals surface area contributed by atoms with Crippen LogP contribution in [0.15, 0.2) is 0 Å². The molecule has 1 heterocycles. The summed E-state index contributed by atoms with van der Waals surface area (Å²) in [5.41, 5.74) is -0.684. The van der Waals surface area contributed by atoms with E-state index < -0.39 is 11.1 Å². The summed E-state index contributed by atoms with van der Waals surface area (Å²) in [6, 6.07) is 0. The van der Waals surface area contributed by atoms with Crippen LogP contribution in [0.4, 0.5) is 8.78 Å². The van der Waals surface area contributed by atoms with Crippen LogP contribution in [0.5, 0.6) is 0 Å². The molecule has 1 rings (SSSR count). The fraction of sp³-hybridized carbons (Fsp3) is 0.250. The van der Waals surface area contributed by atoms with Gasteiger partial charge in [0.1, 0.15) is 4.34 Å². The van der Waals surface area contributed by atoms with Crippen LogP contribution in [0.2, 0.25) is 8.80 Å². The average Bonchev–Trinajstić information content (AvgIpc) is 2.08. The van der Waals surface area contributed by atoms with Crippen LogP contribution >= 0.6 is 46.1 Å². The second-order valence-corrected chi connectivity index (χ2v) is 4.24. The van der Waals surface area contributed by atoms with E-state index in [0.717, 1.165) is 11.3 Å². The van der Waals surface area contributed by atoms with E-state index in [1.807, 2.05) is 0 Å². The normalized spacial score (nSPS) is 12.1. The average molecular weight is 238 g/mol. The molecule has 0 aromatic carbocycles. The molecule has 62 valence electrons. The molecule has 0 aliphatic heterocycles. The zero-order chi connectivity index (χ0) is 8.65. The van der Waals surface area contributed by atoms with E-state index >= 15 is 0 Å². The highest BCUT2D eigenvalue weighted by atomic mass is 35.5. The molecule has 1 aromatic rings. The number of aromatic nitrogens is 1. The van der Waals surface area contributed by atoms with Gasteiger partial charge in [-0.05, 0) is 11.6 Å². The Morgan fingerprint density at radius 2 is 1.91 bits per heavy atom. The van der Waals surface area contributed by atoms with Crippen molar-refractivity contribution in [3.63, 3.8) is 0 Å². The Morgan fingerprint density at radius 3 is 2.09 bits per heavy atom. The van der Waals surface area contributed by atoms with Crippen LogP contribution in [-0.2, 0) is 5.38 Å². The second-order valence-electron chi connectivity index (χ2n) is 1.59. The van der Waals surface area contributed by atoms with Crippen LogP contribution < -0.4 is 0 Å². The van der Waals surface area contributed by atoms with Crippen LogP contribution in [0.1, 0.15) is 5.69 Å². The predicted octanol–water partition coefficient (Wildman–Crippen LogP) is 3.74. The largest absolute Gasteiger partial charge is 0.367 e. The highest BCUT2D eigenvalue weighted by molar-refractivity contribution is 7.19. The molecule has 0 fully saturated rings. The van der Waals surface area contributed by atoms with Crippen molar-refractivity contribution >= 4 is 46.1 Å². The van der Waals surface area contributed by atoms with Gasteiger partial charge >= 0.3 is 5.38 Å². The summed E-state index contributed by atoms with van der Waals surface area (Å²) in [6.45, 7) is 0. The summed E-state index contributed by atoms with van der Waals surface area (Å²) >= 11 is 16.0. The fourth-order valence-corrected chi connectivity index (χ4v) is 2.06. The zero-order valence-electron chi connectivity index (χ0n) is 4.75. The van der Waals surface area contributed by atoms with Gasteiger partial charge in [-0.25, -0.2) is 4.98 Å². The first-order valence-electron chi connectivity index (χ1n) is 2.30. The molecule has 0 unspecified atom stereocenters. The molecule has 11 heavy (non-hydrogen) atoms. The fourth-order valence-electron chi connectivity index (χ4n) is 0.452. The molecule has 0 spiro atoms. The van der Waals surface area contributed by atoms with Crippen molar-refractivity contribution in [2.45, 2.75) is 5.38 Å². The third-order valence-corrected chi connectivity index (χ3v) is 2.37. The molecule has 0 radical (unpaired) electrons. The van der Waals surface area contributed by atoms with E-state index in [1.165, 1.54) is 0 Å². The van der Waals surface area contributed by atoms with E-state index in [4.69, 9.17) is 23.2 Å². The van der Waals surface area contributed by atoms with E-state index in [1.54, 1.807) is 0 Å². The first-order chi connectivity index (χ1) is 4.91. The minimum Gasteiger partial charge on any atom is -0.221 e. The summed E-state index contributed by atoms with van der Waals surface area (Å²) in [4.78, 5) is 3.25. The number of hydrogen-bond acceptors (Lipinski definition) is 2. The standard InChI is InChI=1S/C4Cl3F2NS/c5-2-1(4(7,8)9)10-3(6)11-2. The van der Waals surface area contributed by atoms with E-state index in [9.17, 15) is 8.78 Å². The van der Waals surface area contributed by atoms with Crippen LogP contribution in [0.25, 0.3) is 0 Å². The second kappa shape index (κ2) is 3.01. The Bertz CT molecular complexity index is 269. The third kappa shape index (κ3) is 2.15. The first kappa shape index (κ1) is 9.45. The molecule has 0 amide bonds. The molecule has 0 aliphatic carbocycles. The molecule has 0 saturated heterocycles. The summed E-state index contributed by atoms with van der Waals surface area (Å²) in [5.74, 6) is 0. The Labute approximate surface area is 79.9 Å². The van der Waals surface area contributed by atoms with Gasteiger partial charge in [-0.1, -0.05) is 34.5 Å². The minimum atomic E-state index is -3.54. The number of halogens is 5. The summed E-state index contributed by atoms with van der Waals surface area (Å²) in [5, 5.41) is -3.54. The number of alkyl halides is 3. The predicted molar refractivity (Wildman–Crippen MR) is 41.9 cm³/mol. The van der Waals surface area contributed by atoms with Crippen molar-refractivity contribution in [1.82, 2.24) is 4.98 Å². The van der Waals surface area contributed by atoms with Gasteiger partial charge in [-0.2, -0.15) is 8.78 Å². The highest BCUT2D eigenvalue weighted by Gasteiger charge is 2.34. The number of thiazole rings is 1. The van der Waals surface area contributed by atoms with Gasteiger partial charge in [0.25, 0.3) is 0 Å². The molecular formula is C4Cl3F2NS. The Hall–Kier alpha value is 0.360. The lowest BCUT2D eigenvalue weighted by molar-refractivity contribution is 0.0908. The van der Waals surface area contributed by atoms with Gasteiger partial charge in [0.15, 0.2) is 10.2 Å². The van der Waals surface area contributed by atoms with Crippen molar-refractivity contribution in [3.05, 3.63) is 14.5 Å². The van der Waals surface area contributed by atoms with Gasteiger partial charge in [-0.3, -0.25) is 0 Å². The molecule has 1 nitrogen and oxygen atoms in total. The maximum Gasteiger partial charge on any atom is 0.367 e. The van der Waals surface area contributed by atoms with Crippen LogP contribution in [0, 0.1) is 0 Å². The zero-order valence-corrected chi connectivity index (χ0v) is 7.83. The summed E-state index contributed by atoms with van der Waals surface area (Å²) in [7, 11) is 0. The maximum atomic E-state index is 12.3. The molecule has 0 bridgehead atoms. The van der Waals surface area contributed by atoms with Gasteiger partial charge in [0.05, 0.1) is 0 Å². The topological polar surface area (TPSA) is 12.9 Å². The molecule has 0 saturated carbocycles. The van der Waals surface area contributed by atoms with E-state index in [-0.39, 0.29) is 8.80 Å². The van der Waals surface area contributed by atoms with Crippen molar-refractivity contribution < 1.29 is 8.78 Å². The van der Waals surface area contributed by atoms with Crippen molar-refractivity contribution in [2.75, 3.05) is 0 Å². The van der Waals surface area contributed by atoms with Crippen LogP contribution in [-0.4, -0.2) is 4.98 Å². The summed E-state index contributed by atoms with van der Waals surface area (Å²) in [6.07, 6.45) is 0. The van der Waals surface area contributed by atoms with E-state index in [2.05, 4.69) is 16.6 Å². The Balaban J connectivity index is 3.13. The van der Waals surface area contributed by atoms with Crippen LogP contribution in [0.3, 0.4) is 0 Å². The lowest BCUT2D eigenvalue weighted by atomic mass is 10.5. The molecular weight excluding hydrogens is 238 g/mol. The SMILES string of the molecule is FC(F)(Cl)c1nc(Cl)sc1Cl. The number of nitrogens with zero attached hydrogens (tertiary/aromatic N) is 1. The lowest BCUT2D eigenvalue weighted by Gasteiger charge is -2.02. The van der Waals surface area contributed by atoms with Crippen molar-refractivity contribution in [2.24, 2.45) is 0 Å².